The maximum Gasteiger partial charge on any atom is 0.326 e. The van der Waals surface area contributed by atoms with Crippen LogP contribution in [0.5, 0.6) is 0 Å². The molecule has 0 aliphatic carbocycles. The summed E-state index contributed by atoms with van der Waals surface area (Å²) in [6.45, 7) is 2.12. The number of amides is 3. The molecule has 2 heterocycles. The summed E-state index contributed by atoms with van der Waals surface area (Å²) in [6.07, 6.45) is 0.371. The first-order valence-corrected chi connectivity index (χ1v) is 9.25. The lowest BCUT2D eigenvalue weighted by atomic mass is 9.99. The molecule has 156 valence electrons. The third-order valence-corrected chi connectivity index (χ3v) is 5.12. The quantitative estimate of drug-likeness (QED) is 0.319. The first kappa shape index (κ1) is 20.9. The second-order valence-electron chi connectivity index (χ2n) is 7.08. The normalized spacial score (nSPS) is 19.5. The fourth-order valence-corrected chi connectivity index (χ4v) is 3.14. The molecule has 1 aliphatic heterocycles. The molecule has 0 unspecified atom stereocenters. The van der Waals surface area contributed by atoms with Crippen LogP contribution in [-0.2, 0) is 21.4 Å². The SMILES string of the molecule is CC[C@]1(C)NC(=O)N(CC(=O)OC/C(O)=C(\C#N)c2nc3ccccc3n2C)C1=O. The van der Waals surface area contributed by atoms with Crippen molar-refractivity contribution in [3.8, 4) is 6.07 Å². The molecular weight excluding hydrogens is 390 g/mol. The lowest BCUT2D eigenvalue weighted by Crippen LogP contribution is -2.43. The van der Waals surface area contributed by atoms with Crippen molar-refractivity contribution in [2.24, 2.45) is 7.05 Å². The number of carbonyl (C=O) groups excluding carboxylic acids is 3. The number of fused-ring (bicyclic) bond motifs is 1. The van der Waals surface area contributed by atoms with Crippen molar-refractivity contribution in [2.75, 3.05) is 13.2 Å². The van der Waals surface area contributed by atoms with Gasteiger partial charge in [0.05, 0.1) is 11.0 Å². The Labute approximate surface area is 172 Å². The molecule has 30 heavy (non-hydrogen) atoms. The van der Waals surface area contributed by atoms with Gasteiger partial charge in [0.1, 0.15) is 30.3 Å². The second kappa shape index (κ2) is 7.87. The van der Waals surface area contributed by atoms with E-state index in [0.717, 1.165) is 10.4 Å². The average molecular weight is 411 g/mol. The molecule has 1 atom stereocenters. The Morgan fingerprint density at radius 2 is 2.07 bits per heavy atom. The molecule has 1 aliphatic rings. The first-order valence-electron chi connectivity index (χ1n) is 9.25. The standard InChI is InChI=1S/C20H21N5O5/c1-4-20(2)18(28)25(19(29)23-20)10-16(27)30-11-15(26)12(9-21)17-22-13-7-5-6-8-14(13)24(17)3/h5-8,26H,4,10-11H2,1-3H3,(H,23,29)/b15-12-/t20-/m0/s1. The van der Waals surface area contributed by atoms with E-state index < -0.39 is 42.4 Å². The molecule has 3 amide bonds. The van der Waals surface area contributed by atoms with E-state index in [9.17, 15) is 24.8 Å². The highest BCUT2D eigenvalue weighted by atomic mass is 16.5. The van der Waals surface area contributed by atoms with Crippen LogP contribution in [0.15, 0.2) is 30.0 Å². The molecular formula is C20H21N5O5. The number of para-hydroxylation sites is 2. The summed E-state index contributed by atoms with van der Waals surface area (Å²) in [6, 6.07) is 8.41. The number of imidazole rings is 1. The summed E-state index contributed by atoms with van der Waals surface area (Å²) in [5.74, 6) is -1.68. The third kappa shape index (κ3) is 3.57. The van der Waals surface area contributed by atoms with Crippen LogP contribution in [0, 0.1) is 11.3 Å². The van der Waals surface area contributed by atoms with Gasteiger partial charge in [-0.3, -0.25) is 14.5 Å². The van der Waals surface area contributed by atoms with Gasteiger partial charge in [-0.05, 0) is 25.5 Å². The van der Waals surface area contributed by atoms with Gasteiger partial charge in [0.25, 0.3) is 5.91 Å². The topological polar surface area (TPSA) is 138 Å². The van der Waals surface area contributed by atoms with Gasteiger partial charge in [0, 0.05) is 7.05 Å². The maximum absolute atomic E-state index is 12.3. The summed E-state index contributed by atoms with van der Waals surface area (Å²) in [4.78, 5) is 41.5. The van der Waals surface area contributed by atoms with Gasteiger partial charge < -0.3 is 19.7 Å². The fourth-order valence-electron chi connectivity index (χ4n) is 3.14. The number of benzene rings is 1. The number of allylic oxidation sites excluding steroid dienone is 1. The molecule has 2 N–H and O–H groups in total. The minimum absolute atomic E-state index is 0.143. The zero-order valence-corrected chi connectivity index (χ0v) is 16.8. The molecule has 10 nitrogen and oxygen atoms in total. The Morgan fingerprint density at radius 1 is 1.37 bits per heavy atom. The number of aryl methyl sites for hydroxylation is 1. The number of hydrogen-bond acceptors (Lipinski definition) is 7. The first-order chi connectivity index (χ1) is 14.2. The molecule has 1 saturated heterocycles. The molecule has 10 heteroatoms. The molecule has 1 fully saturated rings. The van der Waals surface area contributed by atoms with Gasteiger partial charge in [-0.2, -0.15) is 5.26 Å². The molecule has 2 aromatic rings. The summed E-state index contributed by atoms with van der Waals surface area (Å²) in [5, 5.41) is 22.3. The van der Waals surface area contributed by atoms with E-state index in [-0.39, 0.29) is 11.4 Å². The lowest BCUT2D eigenvalue weighted by Gasteiger charge is -2.18. The van der Waals surface area contributed by atoms with E-state index >= 15 is 0 Å². The smallest absolute Gasteiger partial charge is 0.326 e. The highest BCUT2D eigenvalue weighted by molar-refractivity contribution is 6.08. The number of ether oxygens (including phenoxy) is 1. The van der Waals surface area contributed by atoms with E-state index in [4.69, 9.17) is 4.74 Å². The minimum atomic E-state index is -1.06. The third-order valence-electron chi connectivity index (χ3n) is 5.12. The molecule has 0 bridgehead atoms. The van der Waals surface area contributed by atoms with Crippen LogP contribution in [0.1, 0.15) is 26.1 Å². The number of rotatable bonds is 6. The summed E-state index contributed by atoms with van der Waals surface area (Å²) in [5.41, 5.74) is 0.204. The van der Waals surface area contributed by atoms with Crippen molar-refractivity contribution >= 4 is 34.5 Å². The Morgan fingerprint density at radius 3 is 2.67 bits per heavy atom. The Balaban J connectivity index is 1.72. The summed E-state index contributed by atoms with van der Waals surface area (Å²) < 4.78 is 6.62. The zero-order chi connectivity index (χ0) is 22.1. The molecule has 0 radical (unpaired) electrons. The predicted molar refractivity (Wildman–Crippen MR) is 106 cm³/mol. The predicted octanol–water partition coefficient (Wildman–Crippen LogP) is 1.63. The van der Waals surface area contributed by atoms with Crippen LogP contribution in [0.4, 0.5) is 4.79 Å². The summed E-state index contributed by atoms with van der Waals surface area (Å²) >= 11 is 0. The van der Waals surface area contributed by atoms with E-state index in [0.29, 0.717) is 11.9 Å². The largest absolute Gasteiger partial charge is 0.507 e. The van der Waals surface area contributed by atoms with Gasteiger partial charge in [-0.25, -0.2) is 9.78 Å². The monoisotopic (exact) mass is 411 g/mol. The number of hydrogen-bond donors (Lipinski definition) is 2. The van der Waals surface area contributed by atoms with Gasteiger partial charge in [-0.1, -0.05) is 19.1 Å². The Hall–Kier alpha value is -3.87. The number of urea groups is 1. The molecule has 3 rings (SSSR count). The van der Waals surface area contributed by atoms with E-state index in [1.807, 2.05) is 18.2 Å². The molecule has 1 aromatic heterocycles. The minimum Gasteiger partial charge on any atom is -0.507 e. The van der Waals surface area contributed by atoms with E-state index in [2.05, 4.69) is 10.3 Å². The second-order valence-corrected chi connectivity index (χ2v) is 7.08. The van der Waals surface area contributed by atoms with Crippen molar-refractivity contribution in [1.82, 2.24) is 19.8 Å². The Kier molecular flexibility index (Phi) is 5.47. The molecule has 0 spiro atoms. The van der Waals surface area contributed by atoms with Crippen LogP contribution in [0.25, 0.3) is 16.6 Å². The van der Waals surface area contributed by atoms with Crippen LogP contribution in [-0.4, -0.2) is 56.2 Å². The van der Waals surface area contributed by atoms with Gasteiger partial charge >= 0.3 is 12.0 Å². The highest BCUT2D eigenvalue weighted by Crippen LogP contribution is 2.23. The lowest BCUT2D eigenvalue weighted by molar-refractivity contribution is -0.147. The number of carbonyl (C=O) groups is 3. The number of aliphatic hydroxyl groups excluding tert-OH is 1. The Bertz CT molecular complexity index is 1110. The van der Waals surface area contributed by atoms with Crippen molar-refractivity contribution in [3.63, 3.8) is 0 Å². The number of nitrogens with one attached hydrogen (secondary N) is 1. The van der Waals surface area contributed by atoms with Crippen LogP contribution in [0.2, 0.25) is 0 Å². The van der Waals surface area contributed by atoms with Crippen molar-refractivity contribution in [3.05, 3.63) is 35.8 Å². The number of nitrogens with zero attached hydrogens (tertiary/aromatic N) is 4. The van der Waals surface area contributed by atoms with Gasteiger partial charge in [0.2, 0.25) is 0 Å². The number of nitriles is 1. The van der Waals surface area contributed by atoms with Crippen LogP contribution < -0.4 is 5.32 Å². The van der Waals surface area contributed by atoms with Crippen molar-refractivity contribution in [1.29, 1.82) is 5.26 Å². The van der Waals surface area contributed by atoms with E-state index in [1.54, 1.807) is 37.6 Å². The van der Waals surface area contributed by atoms with Gasteiger partial charge in [0.15, 0.2) is 11.6 Å². The van der Waals surface area contributed by atoms with Crippen LogP contribution in [0.3, 0.4) is 0 Å². The number of aromatic nitrogens is 2. The number of aliphatic hydroxyl groups is 1. The van der Waals surface area contributed by atoms with Crippen LogP contribution >= 0.6 is 0 Å². The number of imide groups is 1. The summed E-state index contributed by atoms with van der Waals surface area (Å²) in [7, 11) is 1.70. The highest BCUT2D eigenvalue weighted by Gasteiger charge is 2.47. The zero-order valence-electron chi connectivity index (χ0n) is 16.8. The van der Waals surface area contributed by atoms with Crippen molar-refractivity contribution in [2.45, 2.75) is 25.8 Å². The number of esters is 1. The van der Waals surface area contributed by atoms with Crippen molar-refractivity contribution < 1.29 is 24.2 Å². The average Bonchev–Trinajstić information content (AvgIpc) is 3.16. The molecule has 0 saturated carbocycles. The van der Waals surface area contributed by atoms with Gasteiger partial charge in [-0.15, -0.1) is 0 Å². The molecule has 1 aromatic carbocycles. The fraction of sp³-hybridized carbons (Fsp3) is 0.350. The van der Waals surface area contributed by atoms with E-state index in [1.165, 1.54) is 0 Å². The maximum atomic E-state index is 12.3.